The molecule has 0 unspecified atom stereocenters. The second kappa shape index (κ2) is 41.2. The molecule has 0 aliphatic carbocycles. The Morgan fingerprint density at radius 1 is 0.504 bits per heavy atom. The number of hydrogen-bond acceptors (Lipinski definition) is 33. The van der Waals surface area contributed by atoms with Crippen molar-refractivity contribution in [1.82, 2.24) is 47.9 Å². The van der Waals surface area contributed by atoms with E-state index in [0.29, 0.717) is 18.8 Å². The first-order valence-electron chi connectivity index (χ1n) is 42.5. The summed E-state index contributed by atoms with van der Waals surface area (Å²) in [6, 6.07) is 1.84. The fourth-order valence-corrected chi connectivity index (χ4v) is 17.1. The number of unbranched alkanes of at least 4 members (excludes halogenated alkanes) is 3. The zero-order valence-electron chi connectivity index (χ0n) is 71.3. The molecule has 0 radical (unpaired) electrons. The van der Waals surface area contributed by atoms with E-state index < -0.39 is 304 Å². The summed E-state index contributed by atoms with van der Waals surface area (Å²) >= 11 is 14.8. The lowest BCUT2D eigenvalue weighted by molar-refractivity contribution is -0.284. The summed E-state index contributed by atoms with van der Waals surface area (Å²) in [7, 11) is 1.10. The Morgan fingerprint density at radius 3 is 1.69 bits per heavy atom. The van der Waals surface area contributed by atoms with Gasteiger partial charge in [-0.2, -0.15) is 0 Å². The lowest BCUT2D eigenvalue weighted by atomic mass is 9.89. The van der Waals surface area contributed by atoms with Crippen LogP contribution in [0.3, 0.4) is 0 Å². The molecule has 9 aliphatic rings. The van der Waals surface area contributed by atoms with Crippen LogP contribution in [0.15, 0.2) is 115 Å². The van der Waals surface area contributed by atoms with E-state index in [2.05, 4.69) is 61.7 Å². The van der Waals surface area contributed by atoms with Gasteiger partial charge in [0.25, 0.3) is 0 Å². The predicted molar refractivity (Wildman–Crippen MR) is 460 cm³/mol. The SMILES string of the molecule is CNC(=O)[C@H]1NC(=O)[C@H]2NC(=O)[C@H](NC(=O)[C@@H]3NC(=O)[C@H]4NC(=O)[C@@H](Cc5ccc(c(Cl)c5)Oc5cc3cc(c5O[C@@H]3O[C@H](CO)[C@@H](O)[C@H](O)[C@H]3NC(=O)CCCCCCC(C)C)Oc3ccc(cc3Cl)[C@H]2O[C@@H]2O[C@H](CO)[C@@H](O)[C@H](O)[C@H]2NC(C)=O)NC(=O)[C@H](N)c2ccc(O)c(c2)Oc2cc(O)cc4c2)c2ccc(O)c(c2)-c2c(O[C@H]3O[C@H](CO)[C@@H](O)[C@H](O)[C@@H]3O)cc(O)cc21. The highest BCUT2D eigenvalue weighted by molar-refractivity contribution is 6.32. The zero-order valence-corrected chi connectivity index (χ0v) is 72.9. The van der Waals surface area contributed by atoms with E-state index in [9.17, 15) is 85.9 Å². The van der Waals surface area contributed by atoms with Crippen LogP contribution in [-0.4, -0.2) is 256 Å². The monoisotopic (exact) mass is 1890 g/mol. The fraction of sp³-hybridized carbons (Fsp3) is 0.427. The van der Waals surface area contributed by atoms with Crippen molar-refractivity contribution in [2.75, 3.05) is 26.9 Å². The summed E-state index contributed by atoms with van der Waals surface area (Å²) in [5.41, 5.74) is 3.37. The number of aromatic hydroxyl groups is 4. The van der Waals surface area contributed by atoms with Crippen LogP contribution in [0.1, 0.15) is 135 Å². The molecule has 9 heterocycles. The number of carbonyl (C=O) groups is 9. The van der Waals surface area contributed by atoms with E-state index in [1.165, 1.54) is 30.3 Å². The standard InChI is InChI=1S/C89H100Cl2N10O32/c1-34(2)9-7-5-6-8-10-61(110)96-69-75(115)72(112)59(32-103)130-88(69)133-79-56-26-41-27-57(79)127-53-18-14-39(24-48(53)91)78(132-87-68(94-35(3)105)74(114)71(111)58(31-102)129-87)70-86(124)100-67(82(120)93-4)46-29-43(107)30-55(128-89-77(117)76(116)73(113)60(33-104)131-89)62(46)45-23-38(13-15-50(45)108)64(83(121)101-70)98-85(123)66(41)99-84(122)65-40-21-42(106)28-44(22-40)125-54-25-37(12-16-51(54)109)63(92)81(119)95-49(80(118)97-65)20-36-11-17-52(126-56)47(90)19-36/h11-19,21-30,34,49,58-60,63-78,87-89,102-104,106-109,111-117H,5-10,20,31-33,92H2,1-4H3,(H,93,120)(H,94,105)(H,95,119)(H,96,110)(H,97,118)(H,98,123)(H,99,122)(H,100,124)(H,101,121)/t49-,58-,59-,60-,63-,64-,65+,66-,67+,68-,69-,70+,71-,72-,73-,74-,75-,76+,77+,78-,87+,88+,89+/m1/s1. The summed E-state index contributed by atoms with van der Waals surface area (Å²) in [6.07, 6.45) is -25.5. The highest BCUT2D eigenvalue weighted by Crippen LogP contribution is 2.51. The average Bonchev–Trinajstić information content (AvgIpc) is 0.767. The van der Waals surface area contributed by atoms with Crippen molar-refractivity contribution in [3.8, 4) is 80.1 Å². The number of aliphatic hydroxyl groups excluding tert-OH is 10. The third-order valence-electron chi connectivity index (χ3n) is 23.6. The second-order valence-electron chi connectivity index (χ2n) is 33.5. The Hall–Kier alpha value is -12.1. The van der Waals surface area contributed by atoms with Gasteiger partial charge in [-0.3, -0.25) is 43.2 Å². The minimum Gasteiger partial charge on any atom is -0.508 e. The summed E-state index contributed by atoms with van der Waals surface area (Å²) in [5, 5.41) is 182. The van der Waals surface area contributed by atoms with Gasteiger partial charge in [0, 0.05) is 50.1 Å². The van der Waals surface area contributed by atoms with Crippen LogP contribution in [0, 0.1) is 5.92 Å². The maximum absolute atomic E-state index is 17.1. The number of carbonyl (C=O) groups excluding carboxylic acids is 9. The van der Waals surface area contributed by atoms with Gasteiger partial charge in [0.1, 0.15) is 162 Å². The van der Waals surface area contributed by atoms with Gasteiger partial charge < -0.3 is 168 Å². The van der Waals surface area contributed by atoms with Gasteiger partial charge in [0.05, 0.1) is 29.9 Å². The lowest BCUT2D eigenvalue weighted by Gasteiger charge is -2.44. The van der Waals surface area contributed by atoms with Gasteiger partial charge in [0.15, 0.2) is 29.3 Å². The number of aliphatic hydroxyl groups is 10. The first-order valence-corrected chi connectivity index (χ1v) is 43.2. The van der Waals surface area contributed by atoms with Crippen LogP contribution in [-0.2, 0) is 68.5 Å². The average molecular weight is 1890 g/mol. The number of likely N-dealkylation sites (N-methyl/N-ethyl adjacent to an activating group) is 1. The number of amides is 9. The van der Waals surface area contributed by atoms with Crippen molar-refractivity contribution in [1.29, 1.82) is 0 Å². The molecule has 3 saturated heterocycles. The fourth-order valence-electron chi connectivity index (χ4n) is 16.6. The van der Waals surface area contributed by atoms with Crippen molar-refractivity contribution >= 4 is 76.4 Å². The van der Waals surface area contributed by atoms with Crippen LogP contribution in [0.25, 0.3) is 11.1 Å². The van der Waals surface area contributed by atoms with Crippen LogP contribution >= 0.6 is 23.2 Å². The first-order chi connectivity index (χ1) is 63.4. The van der Waals surface area contributed by atoms with E-state index in [1.807, 2.05) is 0 Å². The van der Waals surface area contributed by atoms with Crippen LogP contribution in [0.5, 0.6) is 69.0 Å². The maximum atomic E-state index is 17.1. The molecule has 0 aromatic heterocycles. The number of rotatable bonds is 19. The Kier molecular flexibility index (Phi) is 30.0. The van der Waals surface area contributed by atoms with E-state index in [4.69, 9.17) is 71.6 Å². The number of nitrogens with two attached hydrogens (primary N) is 1. The van der Waals surface area contributed by atoms with Crippen molar-refractivity contribution in [2.24, 2.45) is 11.7 Å². The molecule has 17 bridgehead atoms. The largest absolute Gasteiger partial charge is 0.508 e. The topological polar surface area (TPSA) is 654 Å². The Morgan fingerprint density at radius 2 is 1.06 bits per heavy atom. The number of ether oxygens (including phenoxy) is 9. The minimum atomic E-state index is -2.51. The number of fused-ring (bicyclic) bond motifs is 14. The third-order valence-corrected chi connectivity index (χ3v) is 24.2. The quantitative estimate of drug-likeness (QED) is 0.0495. The smallest absolute Gasteiger partial charge is 0.248 e. The molecule has 16 rings (SSSR count). The van der Waals surface area contributed by atoms with Crippen molar-refractivity contribution < 1.29 is 157 Å². The Bertz CT molecular complexity index is 5580. The van der Waals surface area contributed by atoms with E-state index in [0.717, 1.165) is 118 Å². The second-order valence-corrected chi connectivity index (χ2v) is 34.3. The summed E-state index contributed by atoms with van der Waals surface area (Å²) < 4.78 is 57.8. The van der Waals surface area contributed by atoms with Gasteiger partial charge in [-0.25, -0.2) is 0 Å². The maximum Gasteiger partial charge on any atom is 0.248 e. The van der Waals surface area contributed by atoms with Gasteiger partial charge in [-0.05, 0) is 130 Å². The molecule has 9 aliphatic heterocycles. The van der Waals surface area contributed by atoms with Crippen molar-refractivity contribution in [3.05, 3.63) is 164 Å². The zero-order chi connectivity index (χ0) is 95.6. The number of benzene rings is 7. The van der Waals surface area contributed by atoms with Gasteiger partial charge >= 0.3 is 0 Å². The molecule has 0 spiro atoms. The van der Waals surface area contributed by atoms with Crippen molar-refractivity contribution in [3.63, 3.8) is 0 Å². The summed E-state index contributed by atoms with van der Waals surface area (Å²) in [6.45, 7) is 2.05. The van der Waals surface area contributed by atoms with Crippen LogP contribution < -0.4 is 77.3 Å². The van der Waals surface area contributed by atoms with Crippen molar-refractivity contribution in [2.45, 2.75) is 206 Å². The molecule has 44 heteroatoms. The number of phenolic OH excluding ortho intramolecular Hbond substituents is 4. The molecule has 23 atom stereocenters. The number of phenols is 4. The molecule has 133 heavy (non-hydrogen) atoms. The molecular weight excluding hydrogens is 1790 g/mol. The van der Waals surface area contributed by atoms with Crippen LogP contribution in [0.2, 0.25) is 10.0 Å². The van der Waals surface area contributed by atoms with Gasteiger partial charge in [0.2, 0.25) is 71.5 Å². The first kappa shape index (κ1) is 97.0. The minimum absolute atomic E-state index is 0.0333. The van der Waals surface area contributed by atoms with E-state index >= 15 is 28.8 Å². The number of halogens is 2. The van der Waals surface area contributed by atoms with E-state index in [1.54, 1.807) is 0 Å². The predicted octanol–water partition coefficient (Wildman–Crippen LogP) is 0.681. The molecule has 9 amide bonds. The molecule has 3 fully saturated rings. The summed E-state index contributed by atoms with van der Waals surface area (Å²) in [5.74, 6) is -17.7. The Balaban J connectivity index is 1.04. The third kappa shape index (κ3) is 21.1. The molecule has 712 valence electrons. The highest BCUT2D eigenvalue weighted by atomic mass is 35.5. The molecule has 25 N–H and O–H groups in total. The molecule has 42 nitrogen and oxygen atoms in total. The summed E-state index contributed by atoms with van der Waals surface area (Å²) in [4.78, 5) is 140. The molecule has 7 aromatic carbocycles. The molecule has 0 saturated carbocycles. The number of nitrogens with one attached hydrogen (secondary N) is 9. The van der Waals surface area contributed by atoms with Gasteiger partial charge in [-0.15, -0.1) is 0 Å². The van der Waals surface area contributed by atoms with E-state index in [-0.39, 0.29) is 50.9 Å². The normalized spacial score (nSPS) is 28.8. The molecular formula is C89H100Cl2N10O32. The van der Waals surface area contributed by atoms with Crippen LogP contribution in [0.4, 0.5) is 0 Å². The molecule has 7 aromatic rings. The highest BCUT2D eigenvalue weighted by Gasteiger charge is 2.52. The Labute approximate surface area is 766 Å². The van der Waals surface area contributed by atoms with Gasteiger partial charge in [-0.1, -0.05) is 87.0 Å². The lowest BCUT2D eigenvalue weighted by Crippen LogP contribution is -2.65. The number of hydrogen-bond donors (Lipinski definition) is 24.